The van der Waals surface area contributed by atoms with E-state index < -0.39 is 0 Å². The number of hydrogen-bond acceptors (Lipinski definition) is 4. The number of nitrogens with zero attached hydrogens (tertiary/aromatic N) is 4. The van der Waals surface area contributed by atoms with E-state index in [-0.39, 0.29) is 12.6 Å². The fraction of sp³-hybridized carbons (Fsp3) is 0.174. The first-order chi connectivity index (χ1) is 15.4. The van der Waals surface area contributed by atoms with Gasteiger partial charge in [0.15, 0.2) is 6.73 Å². The number of halogens is 2. The molecule has 0 aliphatic rings. The zero-order chi connectivity index (χ0) is 22.7. The van der Waals surface area contributed by atoms with Crippen LogP contribution >= 0.6 is 27.5 Å². The summed E-state index contributed by atoms with van der Waals surface area (Å²) in [7, 11) is 0. The van der Waals surface area contributed by atoms with Gasteiger partial charge in [-0.25, -0.2) is 4.68 Å². The van der Waals surface area contributed by atoms with Crippen LogP contribution < -0.4 is 10.1 Å². The van der Waals surface area contributed by atoms with E-state index in [2.05, 4.69) is 31.4 Å². The van der Waals surface area contributed by atoms with E-state index in [1.54, 1.807) is 41.3 Å². The number of rotatable bonds is 7. The quantitative estimate of drug-likeness (QED) is 0.356. The van der Waals surface area contributed by atoms with Crippen molar-refractivity contribution in [3.8, 4) is 5.75 Å². The van der Waals surface area contributed by atoms with E-state index in [1.165, 1.54) is 0 Å². The van der Waals surface area contributed by atoms with Crippen LogP contribution in [0.5, 0.6) is 5.75 Å². The van der Waals surface area contributed by atoms with Crippen LogP contribution in [0.2, 0.25) is 5.02 Å². The van der Waals surface area contributed by atoms with Gasteiger partial charge in [-0.3, -0.25) is 9.48 Å². The van der Waals surface area contributed by atoms with Crippen molar-refractivity contribution in [2.45, 2.75) is 27.1 Å². The van der Waals surface area contributed by atoms with Gasteiger partial charge in [0.25, 0.3) is 5.91 Å². The molecule has 0 fully saturated rings. The molecule has 0 unspecified atom stereocenters. The normalized spacial score (nSPS) is 10.9. The molecule has 2 heterocycles. The summed E-state index contributed by atoms with van der Waals surface area (Å²) in [5.41, 5.74) is 4.23. The Morgan fingerprint density at radius 3 is 2.66 bits per heavy atom. The van der Waals surface area contributed by atoms with Gasteiger partial charge in [-0.1, -0.05) is 29.8 Å². The highest BCUT2D eigenvalue weighted by Gasteiger charge is 2.11. The van der Waals surface area contributed by atoms with Crippen LogP contribution in [0.4, 0.5) is 5.69 Å². The molecule has 32 heavy (non-hydrogen) atoms. The SMILES string of the molecule is Cc1nn(Cc2ccc(C(=O)Nc3cnn(COc4cccc(Cl)c4)c3)cc2)c(C)c1Br. The third kappa shape index (κ3) is 5.20. The second-order valence-electron chi connectivity index (χ2n) is 7.29. The van der Waals surface area contributed by atoms with Crippen LogP contribution in [-0.2, 0) is 13.3 Å². The largest absolute Gasteiger partial charge is 0.471 e. The van der Waals surface area contributed by atoms with Crippen LogP contribution in [0.3, 0.4) is 0 Å². The Kier molecular flexibility index (Phi) is 6.62. The lowest BCUT2D eigenvalue weighted by Crippen LogP contribution is -2.12. The maximum atomic E-state index is 12.6. The predicted molar refractivity (Wildman–Crippen MR) is 127 cm³/mol. The average Bonchev–Trinajstić information content (AvgIpc) is 3.32. The van der Waals surface area contributed by atoms with Crippen LogP contribution in [0, 0.1) is 13.8 Å². The van der Waals surface area contributed by atoms with Crippen molar-refractivity contribution in [2.75, 3.05) is 5.32 Å². The molecule has 2 aromatic carbocycles. The van der Waals surface area contributed by atoms with Gasteiger partial charge in [-0.15, -0.1) is 0 Å². The molecule has 0 atom stereocenters. The molecule has 1 amide bonds. The van der Waals surface area contributed by atoms with Crippen LogP contribution in [0.15, 0.2) is 65.4 Å². The molecule has 0 saturated heterocycles. The third-order valence-electron chi connectivity index (χ3n) is 4.89. The summed E-state index contributed by atoms with van der Waals surface area (Å²) in [6, 6.07) is 14.6. The summed E-state index contributed by atoms with van der Waals surface area (Å²) in [4.78, 5) is 12.6. The molecule has 1 N–H and O–H groups in total. The lowest BCUT2D eigenvalue weighted by atomic mass is 10.1. The smallest absolute Gasteiger partial charge is 0.255 e. The van der Waals surface area contributed by atoms with Gasteiger partial charge in [0.05, 0.1) is 40.5 Å². The molecule has 0 spiro atoms. The second-order valence-corrected chi connectivity index (χ2v) is 8.52. The van der Waals surface area contributed by atoms with E-state index in [4.69, 9.17) is 16.3 Å². The molecule has 164 valence electrons. The number of aryl methyl sites for hydroxylation is 1. The molecule has 0 radical (unpaired) electrons. The number of hydrogen-bond donors (Lipinski definition) is 1. The van der Waals surface area contributed by atoms with E-state index in [9.17, 15) is 4.79 Å². The molecule has 7 nitrogen and oxygen atoms in total. The zero-order valence-electron chi connectivity index (χ0n) is 17.5. The number of ether oxygens (including phenoxy) is 1. The third-order valence-corrected chi connectivity index (χ3v) is 6.28. The van der Waals surface area contributed by atoms with E-state index in [0.717, 1.165) is 21.4 Å². The maximum Gasteiger partial charge on any atom is 0.255 e. The molecule has 9 heteroatoms. The van der Waals surface area contributed by atoms with Crippen molar-refractivity contribution < 1.29 is 9.53 Å². The predicted octanol–water partition coefficient (Wildman–Crippen LogP) is 5.45. The van der Waals surface area contributed by atoms with Crippen molar-refractivity contribution in [2.24, 2.45) is 0 Å². The first kappa shape index (κ1) is 22.1. The number of amides is 1. The molecule has 0 saturated carbocycles. The number of carbonyl (C=O) groups is 1. The maximum absolute atomic E-state index is 12.6. The molecule has 0 aliphatic heterocycles. The second kappa shape index (κ2) is 9.58. The van der Waals surface area contributed by atoms with Crippen molar-refractivity contribution in [3.63, 3.8) is 0 Å². The Morgan fingerprint density at radius 1 is 1.19 bits per heavy atom. The Morgan fingerprint density at radius 2 is 1.97 bits per heavy atom. The Labute approximate surface area is 199 Å². The van der Waals surface area contributed by atoms with Gasteiger partial charge >= 0.3 is 0 Å². The minimum absolute atomic E-state index is 0.202. The minimum Gasteiger partial charge on any atom is -0.471 e. The summed E-state index contributed by atoms with van der Waals surface area (Å²) >= 11 is 9.50. The van der Waals surface area contributed by atoms with Crippen LogP contribution in [0.25, 0.3) is 0 Å². The number of anilines is 1. The summed E-state index contributed by atoms with van der Waals surface area (Å²) in [6.07, 6.45) is 3.28. The molecule has 0 bridgehead atoms. The Balaban J connectivity index is 1.34. The lowest BCUT2D eigenvalue weighted by Gasteiger charge is -2.07. The molecule has 4 rings (SSSR count). The standard InChI is InChI=1S/C23H21BrClN5O2/c1-15-22(24)16(2)30(28-15)12-17-6-8-18(9-7-17)23(31)27-20-11-26-29(13-20)14-32-21-5-3-4-19(25)10-21/h3-11,13H,12,14H2,1-2H3,(H,27,31). The van der Waals surface area contributed by atoms with Gasteiger partial charge in [0, 0.05) is 10.6 Å². The van der Waals surface area contributed by atoms with Crippen molar-refractivity contribution in [3.05, 3.63) is 92.9 Å². The van der Waals surface area contributed by atoms with Crippen molar-refractivity contribution in [1.29, 1.82) is 0 Å². The molecule has 0 aliphatic carbocycles. The van der Waals surface area contributed by atoms with Crippen molar-refractivity contribution >= 4 is 39.1 Å². The summed E-state index contributed by atoms with van der Waals surface area (Å²) < 4.78 is 10.2. The summed E-state index contributed by atoms with van der Waals surface area (Å²) in [5, 5.41) is 12.2. The van der Waals surface area contributed by atoms with Gasteiger partial charge in [0.1, 0.15) is 5.75 Å². The summed E-state index contributed by atoms with van der Waals surface area (Å²) in [5.74, 6) is 0.437. The first-order valence-electron chi connectivity index (χ1n) is 9.89. The topological polar surface area (TPSA) is 74.0 Å². The number of nitrogens with one attached hydrogen (secondary N) is 1. The monoisotopic (exact) mass is 513 g/mol. The van der Waals surface area contributed by atoms with Crippen molar-refractivity contribution in [1.82, 2.24) is 19.6 Å². The van der Waals surface area contributed by atoms with E-state index in [1.807, 2.05) is 42.8 Å². The highest BCUT2D eigenvalue weighted by molar-refractivity contribution is 9.10. The summed E-state index contributed by atoms with van der Waals surface area (Å²) in [6.45, 7) is 4.82. The van der Waals surface area contributed by atoms with Crippen LogP contribution in [-0.4, -0.2) is 25.5 Å². The highest BCUT2D eigenvalue weighted by Crippen LogP contribution is 2.21. The number of carbonyl (C=O) groups excluding carboxylic acids is 1. The fourth-order valence-electron chi connectivity index (χ4n) is 3.16. The molecular formula is C23H21BrClN5O2. The fourth-order valence-corrected chi connectivity index (χ4v) is 3.63. The van der Waals surface area contributed by atoms with E-state index >= 15 is 0 Å². The van der Waals surface area contributed by atoms with Gasteiger partial charge < -0.3 is 10.1 Å². The minimum atomic E-state index is -0.208. The molecular weight excluding hydrogens is 494 g/mol. The molecule has 2 aromatic heterocycles. The van der Waals surface area contributed by atoms with Gasteiger partial charge in [0.2, 0.25) is 0 Å². The zero-order valence-corrected chi connectivity index (χ0v) is 19.9. The first-order valence-corrected chi connectivity index (χ1v) is 11.1. The van der Waals surface area contributed by atoms with E-state index in [0.29, 0.717) is 28.6 Å². The van der Waals surface area contributed by atoms with Gasteiger partial charge in [-0.2, -0.15) is 10.2 Å². The Bertz CT molecular complexity index is 1250. The van der Waals surface area contributed by atoms with Gasteiger partial charge in [-0.05, 0) is 65.7 Å². The van der Waals surface area contributed by atoms with Crippen LogP contribution in [0.1, 0.15) is 27.3 Å². The lowest BCUT2D eigenvalue weighted by molar-refractivity contribution is 0.102. The molecule has 4 aromatic rings. The Hall–Kier alpha value is -3.10. The average molecular weight is 515 g/mol. The highest BCUT2D eigenvalue weighted by atomic mass is 79.9. The number of aromatic nitrogens is 4. The number of benzene rings is 2.